The fourth-order valence-corrected chi connectivity index (χ4v) is 4.49. The Hall–Kier alpha value is -4.01. The maximum absolute atomic E-state index is 14.0. The van der Waals surface area contributed by atoms with E-state index in [1.807, 2.05) is 19.1 Å². The second-order valence-corrected chi connectivity index (χ2v) is 8.81. The zero-order chi connectivity index (χ0) is 25.1. The normalized spacial score (nSPS) is 16.3. The highest BCUT2D eigenvalue weighted by atomic mass is 19.1. The maximum Gasteiger partial charge on any atom is 0.270 e. The van der Waals surface area contributed by atoms with E-state index in [0.717, 1.165) is 21.4 Å². The number of aryl methyl sites for hydroxylation is 2. The Balaban J connectivity index is 1.56. The highest BCUT2D eigenvalue weighted by Crippen LogP contribution is 2.28. The first-order valence-electron chi connectivity index (χ1n) is 11.5. The van der Waals surface area contributed by atoms with Gasteiger partial charge in [-0.15, -0.1) is 0 Å². The van der Waals surface area contributed by atoms with E-state index in [0.29, 0.717) is 36.3 Å². The summed E-state index contributed by atoms with van der Waals surface area (Å²) in [5.41, 5.74) is 4.07. The largest absolute Gasteiger partial charge is 0.618 e. The summed E-state index contributed by atoms with van der Waals surface area (Å²) in [5.74, 6) is -1.64. The van der Waals surface area contributed by atoms with Crippen molar-refractivity contribution in [1.29, 1.82) is 0 Å². The first-order valence-corrected chi connectivity index (χ1v) is 11.5. The van der Waals surface area contributed by atoms with Gasteiger partial charge in [-0.1, -0.05) is 12.1 Å². The van der Waals surface area contributed by atoms with E-state index >= 15 is 0 Å². The highest BCUT2D eigenvalue weighted by molar-refractivity contribution is 6.01. The number of hydrogen-bond donors (Lipinski definition) is 2. The summed E-state index contributed by atoms with van der Waals surface area (Å²) >= 11 is 0. The van der Waals surface area contributed by atoms with Crippen molar-refractivity contribution in [3.8, 4) is 11.1 Å². The minimum absolute atomic E-state index is 0.276. The van der Waals surface area contributed by atoms with Crippen molar-refractivity contribution in [3.63, 3.8) is 0 Å². The standard InChI is InChI=1S/C26H28FN5O3/c1-16-12-14-32(35)17(2)23(16)18-7-9-21(10-8-18)29-26(34)24(19-5-4-6-20(27)15-19)30-25(33)22-11-13-28-31(22)3/h7-15,19,24H,4-6H2,1-3H3,(H,29,34)(H,30,33)/t19?,24-/m0/s1. The minimum Gasteiger partial charge on any atom is -0.618 e. The third-order valence-electron chi connectivity index (χ3n) is 6.39. The Bertz CT molecular complexity index is 1280. The molecule has 1 aliphatic rings. The van der Waals surface area contributed by atoms with Crippen LogP contribution < -0.4 is 15.4 Å². The lowest BCUT2D eigenvalue weighted by Gasteiger charge is -2.27. The summed E-state index contributed by atoms with van der Waals surface area (Å²) in [5, 5.41) is 21.6. The molecule has 1 aliphatic carbocycles. The van der Waals surface area contributed by atoms with Gasteiger partial charge < -0.3 is 15.8 Å². The fourth-order valence-electron chi connectivity index (χ4n) is 4.49. The van der Waals surface area contributed by atoms with Crippen LogP contribution in [-0.4, -0.2) is 27.6 Å². The smallest absolute Gasteiger partial charge is 0.270 e. The number of carbonyl (C=O) groups excluding carboxylic acids is 2. The SMILES string of the molecule is Cc1cc[n+]([O-])c(C)c1-c1ccc(NC(=O)[C@@H](NC(=O)c2ccnn2C)C2C=C(F)CCC2)cc1. The van der Waals surface area contributed by atoms with E-state index in [1.54, 1.807) is 38.2 Å². The lowest BCUT2D eigenvalue weighted by molar-refractivity contribution is -0.611. The number of rotatable bonds is 6. The second-order valence-electron chi connectivity index (χ2n) is 8.81. The van der Waals surface area contributed by atoms with Crippen molar-refractivity contribution in [3.05, 3.63) is 82.9 Å². The first kappa shape index (κ1) is 24.1. The van der Waals surface area contributed by atoms with Gasteiger partial charge in [0.1, 0.15) is 11.7 Å². The Morgan fingerprint density at radius 3 is 2.60 bits per heavy atom. The maximum atomic E-state index is 14.0. The minimum atomic E-state index is -0.957. The molecule has 0 saturated carbocycles. The van der Waals surface area contributed by atoms with E-state index in [9.17, 15) is 19.2 Å². The van der Waals surface area contributed by atoms with Crippen LogP contribution in [0, 0.1) is 25.0 Å². The molecule has 2 aromatic heterocycles. The Kier molecular flexibility index (Phi) is 6.95. The fraction of sp³-hybridized carbons (Fsp3) is 0.308. The monoisotopic (exact) mass is 477 g/mol. The molecule has 0 aliphatic heterocycles. The predicted molar refractivity (Wildman–Crippen MR) is 130 cm³/mol. The van der Waals surface area contributed by atoms with E-state index in [4.69, 9.17) is 0 Å². The molecule has 8 nitrogen and oxygen atoms in total. The summed E-state index contributed by atoms with van der Waals surface area (Å²) in [6, 6.07) is 9.50. The van der Waals surface area contributed by atoms with Gasteiger partial charge in [0.25, 0.3) is 5.91 Å². The molecular formula is C26H28FN5O3. The lowest BCUT2D eigenvalue weighted by atomic mass is 9.88. The molecule has 0 fully saturated rings. The van der Waals surface area contributed by atoms with E-state index in [2.05, 4.69) is 15.7 Å². The molecule has 9 heteroatoms. The number of nitrogens with one attached hydrogen (secondary N) is 2. The van der Waals surface area contributed by atoms with Crippen molar-refractivity contribution in [1.82, 2.24) is 15.1 Å². The number of benzene rings is 1. The summed E-state index contributed by atoms with van der Waals surface area (Å²) < 4.78 is 16.3. The molecular weight excluding hydrogens is 449 g/mol. The summed E-state index contributed by atoms with van der Waals surface area (Å²) in [7, 11) is 1.64. The topological polar surface area (TPSA) is 103 Å². The molecule has 0 radical (unpaired) electrons. The van der Waals surface area contributed by atoms with Gasteiger partial charge in [-0.3, -0.25) is 14.3 Å². The number of halogens is 1. The van der Waals surface area contributed by atoms with Crippen molar-refractivity contribution >= 4 is 17.5 Å². The van der Waals surface area contributed by atoms with Crippen molar-refractivity contribution < 1.29 is 18.7 Å². The van der Waals surface area contributed by atoms with Crippen molar-refractivity contribution in [2.75, 3.05) is 5.32 Å². The molecule has 3 aromatic rings. The molecule has 182 valence electrons. The van der Waals surface area contributed by atoms with Gasteiger partial charge in [-0.25, -0.2) is 4.39 Å². The van der Waals surface area contributed by atoms with E-state index in [1.165, 1.54) is 23.2 Å². The van der Waals surface area contributed by atoms with Crippen molar-refractivity contribution in [2.45, 2.75) is 39.2 Å². The summed E-state index contributed by atoms with van der Waals surface area (Å²) in [6.45, 7) is 3.70. The molecule has 2 atom stereocenters. The molecule has 0 spiro atoms. The third-order valence-corrected chi connectivity index (χ3v) is 6.39. The van der Waals surface area contributed by atoms with Crippen molar-refractivity contribution in [2.24, 2.45) is 13.0 Å². The van der Waals surface area contributed by atoms with Crippen LogP contribution >= 0.6 is 0 Å². The predicted octanol–water partition coefficient (Wildman–Crippen LogP) is 3.73. The summed E-state index contributed by atoms with van der Waals surface area (Å²) in [6.07, 6.45) is 5.92. The van der Waals surface area contributed by atoms with Gasteiger partial charge in [-0.05, 0) is 61.6 Å². The number of pyridine rings is 1. The van der Waals surface area contributed by atoms with Crippen LogP contribution in [0.15, 0.2) is 60.7 Å². The average Bonchev–Trinajstić information content (AvgIpc) is 3.27. The molecule has 1 aromatic carbocycles. The zero-order valence-corrected chi connectivity index (χ0v) is 19.9. The van der Waals surface area contributed by atoms with Gasteiger partial charge in [0.2, 0.25) is 5.91 Å². The average molecular weight is 478 g/mol. The Morgan fingerprint density at radius 1 is 1.20 bits per heavy atom. The molecule has 4 rings (SSSR count). The van der Waals surface area contributed by atoms with Gasteiger partial charge in [-0.2, -0.15) is 9.83 Å². The van der Waals surface area contributed by atoms with Crippen LogP contribution in [0.2, 0.25) is 0 Å². The van der Waals surface area contributed by atoms with Gasteiger partial charge in [0, 0.05) is 37.8 Å². The molecule has 0 bridgehead atoms. The number of hydrogen-bond acceptors (Lipinski definition) is 4. The first-order chi connectivity index (χ1) is 16.7. The number of aromatic nitrogens is 3. The number of allylic oxidation sites excluding steroid dienone is 1. The molecule has 2 heterocycles. The number of anilines is 1. The van der Waals surface area contributed by atoms with Gasteiger partial charge in [0.15, 0.2) is 11.9 Å². The van der Waals surface area contributed by atoms with Crippen LogP contribution in [0.4, 0.5) is 10.1 Å². The van der Waals surface area contributed by atoms with Gasteiger partial charge >= 0.3 is 0 Å². The van der Waals surface area contributed by atoms with Crippen LogP contribution in [0.1, 0.15) is 41.0 Å². The van der Waals surface area contributed by atoms with Crippen LogP contribution in [0.25, 0.3) is 11.1 Å². The number of carbonyl (C=O) groups is 2. The molecule has 35 heavy (non-hydrogen) atoms. The molecule has 1 unspecified atom stereocenters. The summed E-state index contributed by atoms with van der Waals surface area (Å²) in [4.78, 5) is 26.1. The number of amides is 2. The molecule has 0 saturated heterocycles. The van der Waals surface area contributed by atoms with Crippen LogP contribution in [0.3, 0.4) is 0 Å². The van der Waals surface area contributed by atoms with E-state index < -0.39 is 23.8 Å². The second kappa shape index (κ2) is 10.1. The zero-order valence-electron chi connectivity index (χ0n) is 19.9. The molecule has 2 amide bonds. The van der Waals surface area contributed by atoms with Gasteiger partial charge in [0.05, 0.1) is 11.4 Å². The van der Waals surface area contributed by atoms with Crippen LogP contribution in [-0.2, 0) is 11.8 Å². The molecule has 2 N–H and O–H groups in total. The Morgan fingerprint density at radius 2 is 1.94 bits per heavy atom. The van der Waals surface area contributed by atoms with Crippen LogP contribution in [0.5, 0.6) is 0 Å². The lowest BCUT2D eigenvalue weighted by Crippen LogP contribution is -2.48. The third kappa shape index (κ3) is 5.24. The highest BCUT2D eigenvalue weighted by Gasteiger charge is 2.31. The quantitative estimate of drug-likeness (QED) is 0.417. The number of nitrogens with zero attached hydrogens (tertiary/aromatic N) is 3. The van der Waals surface area contributed by atoms with E-state index in [-0.39, 0.29) is 5.83 Å². The Labute approximate surface area is 203 Å².